The zero-order valence-corrected chi connectivity index (χ0v) is 11.4. The van der Waals surface area contributed by atoms with Crippen LogP contribution in [0.15, 0.2) is 6.33 Å². The quantitative estimate of drug-likeness (QED) is 0.781. The van der Waals surface area contributed by atoms with Crippen molar-refractivity contribution >= 4 is 5.82 Å². The largest absolute Gasteiger partial charge is 0.359 e. The fourth-order valence-corrected chi connectivity index (χ4v) is 2.61. The van der Waals surface area contributed by atoms with Crippen molar-refractivity contribution in [3.63, 3.8) is 0 Å². The third kappa shape index (κ3) is 3.19. The molecule has 0 amide bonds. The predicted octanol–water partition coefficient (Wildman–Crippen LogP) is 1.92. The molecule has 2 N–H and O–H groups in total. The van der Waals surface area contributed by atoms with Gasteiger partial charge >= 0.3 is 0 Å². The number of rotatable bonds is 6. The molecule has 0 saturated heterocycles. The number of anilines is 1. The molecule has 0 fully saturated rings. The highest BCUT2D eigenvalue weighted by Crippen LogP contribution is 2.26. The topological polar surface area (TPSA) is 55.0 Å². The molecular weight excluding hydrogens is 224 g/mol. The van der Waals surface area contributed by atoms with Crippen molar-refractivity contribution in [3.8, 4) is 0 Å². The summed E-state index contributed by atoms with van der Waals surface area (Å²) in [6.45, 7) is 1.86. The third-order valence-electron chi connectivity index (χ3n) is 3.66. The summed E-state index contributed by atoms with van der Waals surface area (Å²) in [5, 5.41) is 0. The van der Waals surface area contributed by atoms with E-state index in [9.17, 15) is 0 Å². The molecule has 0 atom stereocenters. The minimum atomic E-state index is 0.798. The second kappa shape index (κ2) is 6.69. The maximum absolute atomic E-state index is 5.51. The summed E-state index contributed by atoms with van der Waals surface area (Å²) in [7, 11) is 2.14. The lowest BCUT2D eigenvalue weighted by Gasteiger charge is -2.24. The molecular formula is C14H24N4. The Morgan fingerprint density at radius 3 is 2.83 bits per heavy atom. The summed E-state index contributed by atoms with van der Waals surface area (Å²) < 4.78 is 0. The van der Waals surface area contributed by atoms with Gasteiger partial charge in [-0.3, -0.25) is 0 Å². The average molecular weight is 248 g/mol. The van der Waals surface area contributed by atoms with Gasteiger partial charge in [0, 0.05) is 24.8 Å². The number of nitrogens with zero attached hydrogens (tertiary/aromatic N) is 3. The van der Waals surface area contributed by atoms with Crippen LogP contribution in [-0.2, 0) is 12.8 Å². The maximum atomic E-state index is 5.51. The van der Waals surface area contributed by atoms with Crippen LogP contribution >= 0.6 is 0 Å². The predicted molar refractivity (Wildman–Crippen MR) is 74.8 cm³/mol. The van der Waals surface area contributed by atoms with Gasteiger partial charge in [0.15, 0.2) is 0 Å². The van der Waals surface area contributed by atoms with Crippen LogP contribution in [0.5, 0.6) is 0 Å². The highest BCUT2D eigenvalue weighted by atomic mass is 15.2. The molecule has 1 aromatic rings. The summed E-state index contributed by atoms with van der Waals surface area (Å²) in [4.78, 5) is 11.2. The van der Waals surface area contributed by atoms with Crippen LogP contribution in [0, 0.1) is 0 Å². The number of hydrogen-bond donors (Lipinski definition) is 1. The monoisotopic (exact) mass is 248 g/mol. The second-order valence-electron chi connectivity index (χ2n) is 5.10. The number of aryl methyl sites for hydroxylation is 1. The van der Waals surface area contributed by atoms with E-state index < -0.39 is 0 Å². The van der Waals surface area contributed by atoms with Crippen molar-refractivity contribution < 1.29 is 0 Å². The molecule has 0 unspecified atom stereocenters. The minimum absolute atomic E-state index is 0.798. The zero-order valence-electron chi connectivity index (χ0n) is 11.4. The van der Waals surface area contributed by atoms with Crippen LogP contribution < -0.4 is 10.6 Å². The van der Waals surface area contributed by atoms with Gasteiger partial charge in [-0.2, -0.15) is 0 Å². The number of nitrogens with two attached hydrogens (primary N) is 1. The lowest BCUT2D eigenvalue weighted by atomic mass is 9.96. The molecule has 1 aliphatic carbocycles. The van der Waals surface area contributed by atoms with E-state index in [0.717, 1.165) is 38.2 Å². The van der Waals surface area contributed by atoms with E-state index in [0.29, 0.717) is 0 Å². The second-order valence-corrected chi connectivity index (χ2v) is 5.10. The summed E-state index contributed by atoms with van der Waals surface area (Å²) in [6, 6.07) is 0. The Bertz CT molecular complexity index is 378. The van der Waals surface area contributed by atoms with E-state index in [1.807, 2.05) is 0 Å². The summed E-state index contributed by atoms with van der Waals surface area (Å²) in [5.41, 5.74) is 8.16. The minimum Gasteiger partial charge on any atom is -0.359 e. The first-order chi connectivity index (χ1) is 8.83. The Morgan fingerprint density at radius 2 is 2.00 bits per heavy atom. The van der Waals surface area contributed by atoms with Crippen molar-refractivity contribution in [2.24, 2.45) is 5.73 Å². The molecule has 100 valence electrons. The van der Waals surface area contributed by atoms with Crippen LogP contribution in [0.25, 0.3) is 0 Å². The molecule has 1 aliphatic rings. The van der Waals surface area contributed by atoms with E-state index in [2.05, 4.69) is 21.9 Å². The molecule has 4 nitrogen and oxygen atoms in total. The van der Waals surface area contributed by atoms with E-state index in [4.69, 9.17) is 5.73 Å². The normalized spacial score (nSPS) is 14.3. The van der Waals surface area contributed by atoms with Gasteiger partial charge in [-0.05, 0) is 45.1 Å². The lowest BCUT2D eigenvalue weighted by Crippen LogP contribution is -2.23. The van der Waals surface area contributed by atoms with E-state index in [1.54, 1.807) is 6.33 Å². The van der Waals surface area contributed by atoms with Gasteiger partial charge in [0.2, 0.25) is 0 Å². The third-order valence-corrected chi connectivity index (χ3v) is 3.66. The van der Waals surface area contributed by atoms with Crippen molar-refractivity contribution in [1.29, 1.82) is 0 Å². The maximum Gasteiger partial charge on any atom is 0.135 e. The van der Waals surface area contributed by atoms with Gasteiger partial charge < -0.3 is 10.6 Å². The molecule has 0 saturated carbocycles. The fraction of sp³-hybridized carbons (Fsp3) is 0.714. The molecule has 0 radical (unpaired) electrons. The molecule has 0 bridgehead atoms. The molecule has 0 aliphatic heterocycles. The van der Waals surface area contributed by atoms with Crippen LogP contribution in [0.1, 0.15) is 43.4 Å². The number of hydrogen-bond acceptors (Lipinski definition) is 4. The van der Waals surface area contributed by atoms with Gasteiger partial charge in [-0.25, -0.2) is 9.97 Å². The first-order valence-electron chi connectivity index (χ1n) is 7.07. The molecule has 4 heteroatoms. The summed E-state index contributed by atoms with van der Waals surface area (Å²) >= 11 is 0. The Hall–Kier alpha value is -1.16. The highest BCUT2D eigenvalue weighted by Gasteiger charge is 2.17. The SMILES string of the molecule is CN(CCCCCN)c1ncnc2c1CCCC2. The van der Waals surface area contributed by atoms with Crippen molar-refractivity contribution in [2.75, 3.05) is 25.0 Å². The van der Waals surface area contributed by atoms with Crippen molar-refractivity contribution in [2.45, 2.75) is 44.9 Å². The van der Waals surface area contributed by atoms with Crippen molar-refractivity contribution in [1.82, 2.24) is 9.97 Å². The number of fused-ring (bicyclic) bond motifs is 1. The number of unbranched alkanes of at least 4 members (excludes halogenated alkanes) is 2. The van der Waals surface area contributed by atoms with Gasteiger partial charge in [-0.1, -0.05) is 6.42 Å². The first-order valence-corrected chi connectivity index (χ1v) is 7.07. The van der Waals surface area contributed by atoms with Gasteiger partial charge in [-0.15, -0.1) is 0 Å². The Labute approximate surface area is 110 Å². The van der Waals surface area contributed by atoms with E-state index >= 15 is 0 Å². The van der Waals surface area contributed by atoms with E-state index in [-0.39, 0.29) is 0 Å². The molecule has 0 aromatic carbocycles. The summed E-state index contributed by atoms with van der Waals surface area (Å²) in [5.74, 6) is 1.15. The highest BCUT2D eigenvalue weighted by molar-refractivity contribution is 5.48. The molecule has 1 aromatic heterocycles. The van der Waals surface area contributed by atoms with E-state index in [1.165, 1.54) is 36.9 Å². The van der Waals surface area contributed by atoms with Crippen LogP contribution in [0.4, 0.5) is 5.82 Å². The van der Waals surface area contributed by atoms with Crippen LogP contribution in [0.3, 0.4) is 0 Å². The van der Waals surface area contributed by atoms with Crippen molar-refractivity contribution in [3.05, 3.63) is 17.6 Å². The Kier molecular flexibility index (Phi) is 4.93. The smallest absolute Gasteiger partial charge is 0.135 e. The lowest BCUT2D eigenvalue weighted by molar-refractivity contribution is 0.646. The molecule has 1 heterocycles. The fourth-order valence-electron chi connectivity index (χ4n) is 2.61. The zero-order chi connectivity index (χ0) is 12.8. The van der Waals surface area contributed by atoms with Gasteiger partial charge in [0.1, 0.15) is 12.1 Å². The van der Waals surface area contributed by atoms with Gasteiger partial charge in [0.05, 0.1) is 0 Å². The Morgan fingerprint density at radius 1 is 1.17 bits per heavy atom. The number of aromatic nitrogens is 2. The van der Waals surface area contributed by atoms with Gasteiger partial charge in [0.25, 0.3) is 0 Å². The molecule has 18 heavy (non-hydrogen) atoms. The standard InChI is InChI=1S/C14H24N4/c1-18(10-6-2-5-9-15)14-12-7-3-4-8-13(12)16-11-17-14/h11H,2-10,15H2,1H3. The molecule has 2 rings (SSSR count). The average Bonchev–Trinajstić information content (AvgIpc) is 2.43. The Balaban J connectivity index is 1.99. The first kappa shape index (κ1) is 13.3. The van der Waals surface area contributed by atoms with Crippen LogP contribution in [0.2, 0.25) is 0 Å². The summed E-state index contributed by atoms with van der Waals surface area (Å²) in [6.07, 6.45) is 10.0. The molecule has 0 spiro atoms. The van der Waals surface area contributed by atoms with Crippen LogP contribution in [-0.4, -0.2) is 30.1 Å².